The molecule has 0 bridgehead atoms. The summed E-state index contributed by atoms with van der Waals surface area (Å²) in [7, 11) is 3.46. The minimum absolute atomic E-state index is 0. The van der Waals surface area contributed by atoms with Crippen LogP contribution < -0.4 is 10.6 Å². The van der Waals surface area contributed by atoms with Gasteiger partial charge in [0, 0.05) is 58.9 Å². The molecule has 0 aliphatic carbocycles. The quantitative estimate of drug-likeness (QED) is 0.371. The number of nitrogens with zero attached hydrogens (tertiary/aromatic N) is 3. The number of halogens is 1. The fourth-order valence-electron chi connectivity index (χ4n) is 3.44. The summed E-state index contributed by atoms with van der Waals surface area (Å²) in [5, 5.41) is 6.09. The predicted molar refractivity (Wildman–Crippen MR) is 129 cm³/mol. The highest BCUT2D eigenvalue weighted by Gasteiger charge is 2.19. The van der Waals surface area contributed by atoms with Crippen LogP contribution in [-0.2, 0) is 13.1 Å². The van der Waals surface area contributed by atoms with E-state index >= 15 is 0 Å². The lowest BCUT2D eigenvalue weighted by atomic mass is 10.1. The molecular weight excluding hydrogens is 477 g/mol. The Kier molecular flexibility index (Phi) is 9.40. The molecule has 0 atom stereocenters. The Morgan fingerprint density at radius 2 is 1.69 bits per heavy atom. The molecule has 0 saturated carbocycles. The third-order valence-electron chi connectivity index (χ3n) is 5.00. The van der Waals surface area contributed by atoms with Gasteiger partial charge in [-0.15, -0.1) is 24.0 Å². The summed E-state index contributed by atoms with van der Waals surface area (Å²) in [6.07, 6.45) is 0. The summed E-state index contributed by atoms with van der Waals surface area (Å²) >= 11 is 0. The van der Waals surface area contributed by atoms with E-state index in [2.05, 4.69) is 55.8 Å². The van der Waals surface area contributed by atoms with E-state index in [1.54, 1.807) is 7.05 Å². The van der Waals surface area contributed by atoms with Gasteiger partial charge in [0.25, 0.3) is 5.91 Å². The van der Waals surface area contributed by atoms with Crippen molar-refractivity contribution in [2.45, 2.75) is 13.1 Å². The van der Waals surface area contributed by atoms with Crippen molar-refractivity contribution < 1.29 is 4.79 Å². The highest BCUT2D eigenvalue weighted by atomic mass is 127. The van der Waals surface area contributed by atoms with Crippen LogP contribution in [0.15, 0.2) is 59.6 Å². The molecule has 0 unspecified atom stereocenters. The van der Waals surface area contributed by atoms with Crippen LogP contribution in [0.25, 0.3) is 0 Å². The van der Waals surface area contributed by atoms with Gasteiger partial charge in [-0.3, -0.25) is 14.7 Å². The largest absolute Gasteiger partial charge is 0.355 e. The molecule has 0 spiro atoms. The normalized spacial score (nSPS) is 14.8. The van der Waals surface area contributed by atoms with Crippen LogP contribution in [0, 0.1) is 0 Å². The van der Waals surface area contributed by atoms with Crippen LogP contribution in [0.4, 0.5) is 0 Å². The van der Waals surface area contributed by atoms with E-state index in [9.17, 15) is 4.79 Å². The minimum Gasteiger partial charge on any atom is -0.355 e. The van der Waals surface area contributed by atoms with Crippen molar-refractivity contribution in [2.75, 3.05) is 40.3 Å². The Balaban J connectivity index is 0.00000300. The van der Waals surface area contributed by atoms with Crippen molar-refractivity contribution in [1.29, 1.82) is 0 Å². The average molecular weight is 507 g/mol. The van der Waals surface area contributed by atoms with Crippen molar-refractivity contribution in [1.82, 2.24) is 20.4 Å². The lowest BCUT2D eigenvalue weighted by Crippen LogP contribution is -2.52. The van der Waals surface area contributed by atoms with E-state index in [1.807, 2.05) is 31.3 Å². The molecule has 1 aliphatic rings. The summed E-state index contributed by atoms with van der Waals surface area (Å²) < 4.78 is 0. The fourth-order valence-corrected chi connectivity index (χ4v) is 3.44. The van der Waals surface area contributed by atoms with Crippen molar-refractivity contribution in [3.05, 3.63) is 71.3 Å². The maximum absolute atomic E-state index is 11.8. The Bertz CT molecular complexity index is 804. The first kappa shape index (κ1) is 23.2. The zero-order valence-corrected chi connectivity index (χ0v) is 19.4. The van der Waals surface area contributed by atoms with Gasteiger partial charge in [0.15, 0.2) is 5.96 Å². The van der Waals surface area contributed by atoms with Gasteiger partial charge in [-0.2, -0.15) is 0 Å². The number of hydrogen-bond donors (Lipinski definition) is 2. The van der Waals surface area contributed by atoms with Crippen molar-refractivity contribution in [3.63, 3.8) is 0 Å². The van der Waals surface area contributed by atoms with Crippen LogP contribution in [0.1, 0.15) is 21.5 Å². The number of benzene rings is 2. The summed E-state index contributed by atoms with van der Waals surface area (Å²) in [6.45, 7) is 5.56. The first-order chi connectivity index (χ1) is 13.7. The van der Waals surface area contributed by atoms with E-state index < -0.39 is 0 Å². The number of guanidine groups is 1. The maximum atomic E-state index is 11.8. The summed E-state index contributed by atoms with van der Waals surface area (Å²) in [5.41, 5.74) is 3.09. The first-order valence-electron chi connectivity index (χ1n) is 9.72. The number of aliphatic imine (C=N–C) groups is 1. The van der Waals surface area contributed by atoms with Crippen LogP contribution in [0.3, 0.4) is 0 Å². The topological polar surface area (TPSA) is 60.0 Å². The second kappa shape index (κ2) is 11.8. The number of rotatable bonds is 5. The zero-order chi connectivity index (χ0) is 19.8. The number of carbonyl (C=O) groups excluding carboxylic acids is 1. The van der Waals surface area contributed by atoms with Crippen LogP contribution >= 0.6 is 24.0 Å². The monoisotopic (exact) mass is 507 g/mol. The molecule has 7 heteroatoms. The first-order valence-corrected chi connectivity index (χ1v) is 9.72. The Hall–Kier alpha value is -2.13. The number of piperazine rings is 1. The van der Waals surface area contributed by atoms with Gasteiger partial charge in [0.05, 0.1) is 0 Å². The molecule has 2 aromatic carbocycles. The highest BCUT2D eigenvalue weighted by molar-refractivity contribution is 14.0. The minimum atomic E-state index is -0.0687. The average Bonchev–Trinajstić information content (AvgIpc) is 2.75. The van der Waals surface area contributed by atoms with Crippen LogP contribution in [0.2, 0.25) is 0 Å². The van der Waals surface area contributed by atoms with E-state index in [4.69, 9.17) is 0 Å². The predicted octanol–water partition coefficient (Wildman–Crippen LogP) is 2.56. The summed E-state index contributed by atoms with van der Waals surface area (Å²) in [5.74, 6) is 0.838. The SMILES string of the molecule is CN=C(NCc1cccc(C(=O)NC)c1)N1CCN(Cc2ccccc2)CC1.I. The summed E-state index contributed by atoms with van der Waals surface area (Å²) in [6, 6.07) is 18.3. The molecule has 1 heterocycles. The van der Waals surface area contributed by atoms with Gasteiger partial charge >= 0.3 is 0 Å². The maximum Gasteiger partial charge on any atom is 0.251 e. The van der Waals surface area contributed by atoms with Gasteiger partial charge in [-0.25, -0.2) is 0 Å². The van der Waals surface area contributed by atoms with E-state index in [1.165, 1.54) is 5.56 Å². The Morgan fingerprint density at radius 3 is 2.34 bits per heavy atom. The lowest BCUT2D eigenvalue weighted by Gasteiger charge is -2.36. The second-order valence-electron chi connectivity index (χ2n) is 6.93. The molecule has 2 N–H and O–H groups in total. The molecule has 29 heavy (non-hydrogen) atoms. The third-order valence-corrected chi connectivity index (χ3v) is 5.00. The molecule has 0 radical (unpaired) electrons. The number of amides is 1. The van der Waals surface area contributed by atoms with Crippen molar-refractivity contribution in [2.24, 2.45) is 4.99 Å². The lowest BCUT2D eigenvalue weighted by molar-refractivity contribution is 0.0963. The Morgan fingerprint density at radius 1 is 1.00 bits per heavy atom. The van der Waals surface area contributed by atoms with Gasteiger partial charge in [-0.1, -0.05) is 42.5 Å². The molecule has 1 saturated heterocycles. The third kappa shape index (κ3) is 6.71. The smallest absolute Gasteiger partial charge is 0.251 e. The molecule has 1 amide bonds. The van der Waals surface area contributed by atoms with Crippen molar-refractivity contribution in [3.8, 4) is 0 Å². The standard InChI is InChI=1S/C22H29N5O.HI/c1-23-21(28)20-10-6-9-19(15-20)16-25-22(24-2)27-13-11-26(12-14-27)17-18-7-4-3-5-8-18;/h3-10,15H,11-14,16-17H2,1-2H3,(H,23,28)(H,24,25);1H. The van der Waals surface area contributed by atoms with E-state index in [0.29, 0.717) is 12.1 Å². The van der Waals surface area contributed by atoms with Crippen LogP contribution in [-0.4, -0.2) is 61.9 Å². The molecule has 0 aromatic heterocycles. The molecule has 3 rings (SSSR count). The highest BCUT2D eigenvalue weighted by Crippen LogP contribution is 2.09. The van der Waals surface area contributed by atoms with E-state index in [-0.39, 0.29) is 29.9 Å². The zero-order valence-electron chi connectivity index (χ0n) is 17.1. The molecule has 2 aromatic rings. The molecule has 1 aliphatic heterocycles. The molecular formula is C22H30IN5O. The van der Waals surface area contributed by atoms with Gasteiger partial charge in [0.2, 0.25) is 0 Å². The van der Waals surface area contributed by atoms with Gasteiger partial charge in [0.1, 0.15) is 0 Å². The van der Waals surface area contributed by atoms with Gasteiger partial charge < -0.3 is 15.5 Å². The van der Waals surface area contributed by atoms with Crippen molar-refractivity contribution >= 4 is 35.8 Å². The second-order valence-corrected chi connectivity index (χ2v) is 6.93. The Labute approximate surface area is 190 Å². The molecule has 156 valence electrons. The fraction of sp³-hybridized carbons (Fsp3) is 0.364. The van der Waals surface area contributed by atoms with Crippen LogP contribution in [0.5, 0.6) is 0 Å². The number of hydrogen-bond acceptors (Lipinski definition) is 3. The summed E-state index contributed by atoms with van der Waals surface area (Å²) in [4.78, 5) is 21.0. The number of carbonyl (C=O) groups is 1. The van der Waals surface area contributed by atoms with Gasteiger partial charge in [-0.05, 0) is 23.3 Å². The van der Waals surface area contributed by atoms with E-state index in [0.717, 1.165) is 44.2 Å². The molecule has 1 fully saturated rings. The molecule has 6 nitrogen and oxygen atoms in total. The number of nitrogens with one attached hydrogen (secondary N) is 2.